The summed E-state index contributed by atoms with van der Waals surface area (Å²) in [7, 11) is 0. The van der Waals surface area contributed by atoms with Gasteiger partial charge in [0.2, 0.25) is 10.9 Å². The summed E-state index contributed by atoms with van der Waals surface area (Å²) in [6, 6.07) is 7.82. The zero-order chi connectivity index (χ0) is 18.7. The molecule has 1 aromatic carbocycles. The minimum Gasteiger partial charge on any atom is -0.456 e. The third-order valence-corrected chi connectivity index (χ3v) is 4.50. The zero-order valence-electron chi connectivity index (χ0n) is 14.2. The van der Waals surface area contributed by atoms with Gasteiger partial charge in [0, 0.05) is 13.0 Å². The quantitative estimate of drug-likeness (QED) is 0.688. The fourth-order valence-electron chi connectivity index (χ4n) is 2.29. The van der Waals surface area contributed by atoms with Crippen LogP contribution < -0.4 is 10.9 Å². The van der Waals surface area contributed by atoms with Crippen LogP contribution in [-0.4, -0.2) is 26.5 Å². The molecule has 2 aromatic heterocycles. The molecule has 1 N–H and O–H groups in total. The number of hydrogen-bond acceptors (Lipinski definition) is 7. The molecule has 3 rings (SSSR count). The average molecular weight is 372 g/mol. The van der Waals surface area contributed by atoms with Gasteiger partial charge in [0.1, 0.15) is 11.6 Å². The van der Waals surface area contributed by atoms with Crippen LogP contribution in [0.5, 0.6) is 0 Å². The topological polar surface area (TPSA) is 103 Å². The van der Waals surface area contributed by atoms with Crippen molar-refractivity contribution in [2.75, 3.05) is 5.32 Å². The number of esters is 1. The molecule has 0 unspecified atom stereocenters. The number of rotatable bonds is 5. The standard InChI is InChI=1S/C17H16N4O4S/c1-3-14-20-21-15(23)8-11(19-17(21)26-14)9-25-16(24)12-6-4-5-7-13(12)18-10(2)22/h4-8H,3,9H2,1-2H3,(H,18,22). The van der Waals surface area contributed by atoms with E-state index in [9.17, 15) is 14.4 Å². The molecule has 0 spiro atoms. The van der Waals surface area contributed by atoms with E-state index >= 15 is 0 Å². The molecule has 8 nitrogen and oxygen atoms in total. The first-order chi connectivity index (χ1) is 12.5. The molecule has 0 aliphatic heterocycles. The monoisotopic (exact) mass is 372 g/mol. The molecular formula is C17H16N4O4S. The van der Waals surface area contributed by atoms with Crippen LogP contribution in [0.4, 0.5) is 5.69 Å². The van der Waals surface area contributed by atoms with E-state index in [1.165, 1.54) is 28.8 Å². The van der Waals surface area contributed by atoms with Crippen molar-refractivity contribution >= 4 is 33.9 Å². The molecule has 0 bridgehead atoms. The van der Waals surface area contributed by atoms with E-state index in [-0.39, 0.29) is 23.6 Å². The van der Waals surface area contributed by atoms with Crippen LogP contribution >= 0.6 is 11.3 Å². The summed E-state index contributed by atoms with van der Waals surface area (Å²) in [6.07, 6.45) is 0.706. The largest absolute Gasteiger partial charge is 0.456 e. The average Bonchev–Trinajstić information content (AvgIpc) is 3.03. The van der Waals surface area contributed by atoms with Crippen molar-refractivity contribution in [2.24, 2.45) is 0 Å². The van der Waals surface area contributed by atoms with Crippen molar-refractivity contribution in [3.05, 3.63) is 57.0 Å². The maximum absolute atomic E-state index is 12.3. The Morgan fingerprint density at radius 2 is 2.08 bits per heavy atom. The van der Waals surface area contributed by atoms with Gasteiger partial charge in [0.25, 0.3) is 5.56 Å². The summed E-state index contributed by atoms with van der Waals surface area (Å²) in [4.78, 5) is 40.4. The number of aromatic nitrogens is 3. The van der Waals surface area contributed by atoms with Gasteiger partial charge in [0.15, 0.2) is 0 Å². The third kappa shape index (κ3) is 3.77. The predicted molar refractivity (Wildman–Crippen MR) is 96.4 cm³/mol. The Bertz CT molecular complexity index is 1040. The highest BCUT2D eigenvalue weighted by molar-refractivity contribution is 7.16. The molecule has 0 fully saturated rings. The molecular weight excluding hydrogens is 356 g/mol. The Kier molecular flexibility index (Phi) is 5.08. The number of nitrogens with one attached hydrogen (secondary N) is 1. The van der Waals surface area contributed by atoms with Gasteiger partial charge < -0.3 is 10.1 Å². The number of anilines is 1. The summed E-state index contributed by atoms with van der Waals surface area (Å²) in [5.41, 5.74) is 0.609. The maximum atomic E-state index is 12.3. The summed E-state index contributed by atoms with van der Waals surface area (Å²) >= 11 is 1.32. The summed E-state index contributed by atoms with van der Waals surface area (Å²) in [5, 5.41) is 7.54. The van der Waals surface area contributed by atoms with Gasteiger partial charge in [-0.25, -0.2) is 9.78 Å². The van der Waals surface area contributed by atoms with Gasteiger partial charge in [-0.1, -0.05) is 30.4 Å². The Morgan fingerprint density at radius 3 is 2.81 bits per heavy atom. The van der Waals surface area contributed by atoms with E-state index in [2.05, 4.69) is 15.4 Å². The molecule has 0 aliphatic carbocycles. The highest BCUT2D eigenvalue weighted by Gasteiger charge is 2.15. The van der Waals surface area contributed by atoms with Gasteiger partial charge in [0.05, 0.1) is 16.9 Å². The highest BCUT2D eigenvalue weighted by Crippen LogP contribution is 2.17. The highest BCUT2D eigenvalue weighted by atomic mass is 32.1. The predicted octanol–water partition coefficient (Wildman–Crippen LogP) is 2.03. The number of amides is 1. The van der Waals surface area contributed by atoms with E-state index in [1.807, 2.05) is 6.92 Å². The number of ether oxygens (including phenoxy) is 1. The van der Waals surface area contributed by atoms with E-state index in [1.54, 1.807) is 24.3 Å². The third-order valence-electron chi connectivity index (χ3n) is 3.45. The number of carbonyl (C=O) groups excluding carboxylic acids is 2. The molecule has 134 valence electrons. The second kappa shape index (κ2) is 7.44. The first kappa shape index (κ1) is 17.7. The molecule has 0 saturated carbocycles. The number of nitrogens with zero attached hydrogens (tertiary/aromatic N) is 3. The van der Waals surface area contributed by atoms with Crippen LogP contribution in [0.2, 0.25) is 0 Å². The maximum Gasteiger partial charge on any atom is 0.340 e. The summed E-state index contributed by atoms with van der Waals surface area (Å²) in [5.74, 6) is -0.905. The Hall–Kier alpha value is -3.07. The number of fused-ring (bicyclic) bond motifs is 1. The molecule has 3 aromatic rings. The zero-order valence-corrected chi connectivity index (χ0v) is 15.0. The first-order valence-electron chi connectivity index (χ1n) is 7.90. The Labute approximate surface area is 152 Å². The summed E-state index contributed by atoms with van der Waals surface area (Å²) < 4.78 is 6.49. The number of benzene rings is 1. The summed E-state index contributed by atoms with van der Waals surface area (Å²) in [6.45, 7) is 3.14. The van der Waals surface area contributed by atoms with Crippen molar-refractivity contribution < 1.29 is 14.3 Å². The lowest BCUT2D eigenvalue weighted by Gasteiger charge is -2.09. The number of hydrogen-bond donors (Lipinski definition) is 1. The Balaban J connectivity index is 1.79. The van der Waals surface area contributed by atoms with Crippen LogP contribution in [0.25, 0.3) is 4.96 Å². The van der Waals surface area contributed by atoms with Gasteiger partial charge in [-0.15, -0.1) is 0 Å². The van der Waals surface area contributed by atoms with Crippen LogP contribution in [-0.2, 0) is 22.6 Å². The van der Waals surface area contributed by atoms with Crippen molar-refractivity contribution in [2.45, 2.75) is 26.9 Å². The molecule has 26 heavy (non-hydrogen) atoms. The van der Waals surface area contributed by atoms with Crippen molar-refractivity contribution in [3.63, 3.8) is 0 Å². The Morgan fingerprint density at radius 1 is 1.31 bits per heavy atom. The lowest BCUT2D eigenvalue weighted by Crippen LogP contribution is -2.17. The van der Waals surface area contributed by atoms with Crippen molar-refractivity contribution in [1.29, 1.82) is 0 Å². The second-order valence-electron chi connectivity index (χ2n) is 5.43. The first-order valence-corrected chi connectivity index (χ1v) is 8.72. The number of para-hydroxylation sites is 1. The van der Waals surface area contributed by atoms with Gasteiger partial charge in [-0.05, 0) is 18.6 Å². The van der Waals surface area contributed by atoms with Crippen LogP contribution in [0.1, 0.15) is 34.9 Å². The van der Waals surface area contributed by atoms with Crippen LogP contribution in [0.15, 0.2) is 35.1 Å². The molecule has 9 heteroatoms. The smallest absolute Gasteiger partial charge is 0.340 e. The van der Waals surface area contributed by atoms with Gasteiger partial charge in [-0.2, -0.15) is 9.61 Å². The van der Waals surface area contributed by atoms with Gasteiger partial charge >= 0.3 is 5.97 Å². The minimum atomic E-state index is -0.616. The van der Waals surface area contributed by atoms with Crippen LogP contribution in [0, 0.1) is 0 Å². The molecule has 0 saturated heterocycles. The van der Waals surface area contributed by atoms with Crippen molar-refractivity contribution in [1.82, 2.24) is 14.6 Å². The fraction of sp³-hybridized carbons (Fsp3) is 0.235. The fourth-order valence-corrected chi connectivity index (χ4v) is 3.15. The van der Waals surface area contributed by atoms with Gasteiger partial charge in [-0.3, -0.25) is 9.59 Å². The van der Waals surface area contributed by atoms with Crippen molar-refractivity contribution in [3.8, 4) is 0 Å². The van der Waals surface area contributed by atoms with E-state index in [4.69, 9.17) is 4.74 Å². The normalized spacial score (nSPS) is 10.7. The molecule has 0 atom stereocenters. The van der Waals surface area contributed by atoms with E-state index in [0.29, 0.717) is 22.8 Å². The minimum absolute atomic E-state index is 0.154. The number of aryl methyl sites for hydroxylation is 1. The lowest BCUT2D eigenvalue weighted by atomic mass is 10.2. The molecule has 0 radical (unpaired) electrons. The molecule has 1 amide bonds. The lowest BCUT2D eigenvalue weighted by molar-refractivity contribution is -0.114. The van der Waals surface area contributed by atoms with E-state index in [0.717, 1.165) is 5.01 Å². The SMILES string of the molecule is CCc1nn2c(=O)cc(COC(=O)c3ccccc3NC(C)=O)nc2s1. The van der Waals surface area contributed by atoms with Crippen LogP contribution in [0.3, 0.4) is 0 Å². The molecule has 2 heterocycles. The number of carbonyl (C=O) groups is 2. The molecule has 0 aliphatic rings. The van der Waals surface area contributed by atoms with E-state index < -0.39 is 5.97 Å². The second-order valence-corrected chi connectivity index (χ2v) is 6.47.